The minimum atomic E-state index is -0.762. The zero-order chi connectivity index (χ0) is 17.5. The van der Waals surface area contributed by atoms with Crippen molar-refractivity contribution in [1.29, 1.82) is 0 Å². The zero-order valence-electron chi connectivity index (χ0n) is 13.3. The van der Waals surface area contributed by atoms with E-state index in [-0.39, 0.29) is 12.6 Å². The summed E-state index contributed by atoms with van der Waals surface area (Å²) in [4.78, 5) is 23.2. The summed E-state index contributed by atoms with van der Waals surface area (Å²) in [5.74, 6) is 0.336. The number of carbonyl (C=O) groups excluding carboxylic acids is 2. The number of anilines is 2. The number of aryl methyl sites for hydroxylation is 1. The molecule has 0 aliphatic rings. The summed E-state index contributed by atoms with van der Waals surface area (Å²) in [6.07, 6.45) is -0.762. The van der Waals surface area contributed by atoms with E-state index in [9.17, 15) is 9.59 Å². The van der Waals surface area contributed by atoms with Crippen molar-refractivity contribution in [2.45, 2.75) is 13.8 Å². The molecule has 0 aliphatic heterocycles. The molecule has 0 aliphatic carbocycles. The van der Waals surface area contributed by atoms with E-state index in [1.54, 1.807) is 37.3 Å². The van der Waals surface area contributed by atoms with Crippen LogP contribution in [0.3, 0.4) is 0 Å². The van der Waals surface area contributed by atoms with Gasteiger partial charge in [0, 0.05) is 15.8 Å². The first-order chi connectivity index (χ1) is 11.5. The normalized spacial score (nSPS) is 9.96. The number of hydrogen-bond acceptors (Lipinski definition) is 4. The fourth-order valence-electron chi connectivity index (χ4n) is 1.87. The Morgan fingerprint density at radius 3 is 2.29 bits per heavy atom. The van der Waals surface area contributed by atoms with Crippen LogP contribution in [0.5, 0.6) is 5.75 Å². The molecule has 2 aromatic rings. The van der Waals surface area contributed by atoms with Crippen LogP contribution in [0.15, 0.2) is 46.9 Å². The summed E-state index contributed by atoms with van der Waals surface area (Å²) in [7, 11) is 0. The van der Waals surface area contributed by atoms with Crippen LogP contribution in [0.1, 0.15) is 12.5 Å². The molecule has 0 bridgehead atoms. The molecular weight excluding hydrogens is 376 g/mol. The van der Waals surface area contributed by atoms with Crippen LogP contribution in [0.2, 0.25) is 0 Å². The predicted octanol–water partition coefficient (Wildman–Crippen LogP) is 4.94. The molecule has 0 atom stereocenters. The van der Waals surface area contributed by atoms with Crippen LogP contribution in [0, 0.1) is 6.92 Å². The number of halogens is 1. The SMILES string of the molecule is CCOC(=O)Oc1ccc(NC(=O)Nc2ccc(Br)c(C)c2)cc1. The van der Waals surface area contributed by atoms with Crippen molar-refractivity contribution < 1.29 is 19.1 Å². The first kappa shape index (κ1) is 17.8. The van der Waals surface area contributed by atoms with Gasteiger partial charge in [-0.1, -0.05) is 15.9 Å². The van der Waals surface area contributed by atoms with Crippen LogP contribution in [0.25, 0.3) is 0 Å². The van der Waals surface area contributed by atoms with Crippen molar-refractivity contribution in [1.82, 2.24) is 0 Å². The van der Waals surface area contributed by atoms with Crippen molar-refractivity contribution >= 4 is 39.5 Å². The molecule has 0 saturated heterocycles. The van der Waals surface area contributed by atoms with Gasteiger partial charge in [0.15, 0.2) is 0 Å². The first-order valence-electron chi connectivity index (χ1n) is 7.26. The van der Waals surface area contributed by atoms with Crippen LogP contribution in [0.4, 0.5) is 21.0 Å². The highest BCUT2D eigenvalue weighted by molar-refractivity contribution is 9.10. The number of amides is 2. The average Bonchev–Trinajstić information content (AvgIpc) is 2.53. The van der Waals surface area contributed by atoms with E-state index in [2.05, 4.69) is 31.3 Å². The largest absolute Gasteiger partial charge is 0.513 e. The van der Waals surface area contributed by atoms with Gasteiger partial charge in [-0.2, -0.15) is 0 Å². The Morgan fingerprint density at radius 1 is 1.04 bits per heavy atom. The lowest BCUT2D eigenvalue weighted by atomic mass is 10.2. The molecule has 0 aromatic heterocycles. The number of urea groups is 1. The Kier molecular flexibility index (Phi) is 6.20. The van der Waals surface area contributed by atoms with Gasteiger partial charge in [-0.15, -0.1) is 0 Å². The lowest BCUT2D eigenvalue weighted by molar-refractivity contribution is 0.104. The van der Waals surface area contributed by atoms with Gasteiger partial charge in [-0.3, -0.25) is 0 Å². The molecule has 2 aromatic carbocycles. The lowest BCUT2D eigenvalue weighted by Gasteiger charge is -2.09. The van der Waals surface area contributed by atoms with Gasteiger partial charge >= 0.3 is 12.2 Å². The lowest BCUT2D eigenvalue weighted by Crippen LogP contribution is -2.19. The summed E-state index contributed by atoms with van der Waals surface area (Å²) >= 11 is 3.41. The van der Waals surface area contributed by atoms with E-state index in [4.69, 9.17) is 4.74 Å². The van der Waals surface area contributed by atoms with E-state index in [0.717, 1.165) is 10.0 Å². The molecule has 0 radical (unpaired) electrons. The highest BCUT2D eigenvalue weighted by Gasteiger charge is 2.07. The van der Waals surface area contributed by atoms with Gasteiger partial charge in [-0.05, 0) is 61.9 Å². The number of hydrogen-bond donors (Lipinski definition) is 2. The number of rotatable bonds is 4. The number of benzene rings is 2. The zero-order valence-corrected chi connectivity index (χ0v) is 14.8. The highest BCUT2D eigenvalue weighted by Crippen LogP contribution is 2.20. The molecule has 2 rings (SSSR count). The molecule has 126 valence electrons. The van der Waals surface area contributed by atoms with Gasteiger partial charge in [0.25, 0.3) is 0 Å². The monoisotopic (exact) mass is 392 g/mol. The number of ether oxygens (including phenoxy) is 2. The van der Waals surface area contributed by atoms with Crippen LogP contribution < -0.4 is 15.4 Å². The third-order valence-corrected chi connectivity index (χ3v) is 3.88. The Labute approximate surface area is 148 Å². The van der Waals surface area contributed by atoms with Crippen molar-refractivity contribution in [3.63, 3.8) is 0 Å². The Morgan fingerprint density at radius 2 is 1.67 bits per heavy atom. The molecule has 0 fully saturated rings. The molecule has 7 heteroatoms. The Bertz CT molecular complexity index is 732. The molecule has 0 saturated carbocycles. The van der Waals surface area contributed by atoms with E-state index in [0.29, 0.717) is 17.1 Å². The van der Waals surface area contributed by atoms with E-state index in [1.807, 2.05) is 19.1 Å². The molecule has 0 spiro atoms. The van der Waals surface area contributed by atoms with Gasteiger partial charge in [0.2, 0.25) is 0 Å². The Balaban J connectivity index is 1.91. The van der Waals surface area contributed by atoms with E-state index < -0.39 is 6.16 Å². The minimum Gasteiger partial charge on any atom is -0.434 e. The summed E-state index contributed by atoms with van der Waals surface area (Å²) in [6, 6.07) is 11.5. The second kappa shape index (κ2) is 8.35. The third kappa shape index (κ3) is 5.27. The van der Waals surface area contributed by atoms with Crippen molar-refractivity contribution in [2.75, 3.05) is 17.2 Å². The maximum Gasteiger partial charge on any atom is 0.513 e. The first-order valence-corrected chi connectivity index (χ1v) is 8.06. The van der Waals surface area contributed by atoms with Gasteiger partial charge in [0.1, 0.15) is 5.75 Å². The van der Waals surface area contributed by atoms with Crippen molar-refractivity contribution in [3.8, 4) is 5.75 Å². The summed E-state index contributed by atoms with van der Waals surface area (Å²) in [5.41, 5.74) is 2.28. The Hall–Kier alpha value is -2.54. The second-order valence-electron chi connectivity index (χ2n) is 4.85. The standard InChI is InChI=1S/C17H17BrN2O4/c1-3-23-17(22)24-14-7-4-12(5-8-14)19-16(21)20-13-6-9-15(18)11(2)10-13/h4-10H,3H2,1-2H3,(H2,19,20,21). The van der Waals surface area contributed by atoms with Gasteiger partial charge < -0.3 is 20.1 Å². The minimum absolute atomic E-state index is 0.244. The average molecular weight is 393 g/mol. The molecule has 24 heavy (non-hydrogen) atoms. The maximum absolute atomic E-state index is 12.0. The van der Waals surface area contributed by atoms with Crippen molar-refractivity contribution in [2.24, 2.45) is 0 Å². The number of carbonyl (C=O) groups is 2. The van der Waals surface area contributed by atoms with Gasteiger partial charge in [-0.25, -0.2) is 9.59 Å². The van der Waals surface area contributed by atoms with Crippen LogP contribution in [-0.4, -0.2) is 18.8 Å². The fourth-order valence-corrected chi connectivity index (χ4v) is 2.11. The summed E-state index contributed by atoms with van der Waals surface area (Å²) in [5, 5.41) is 5.44. The van der Waals surface area contributed by atoms with Gasteiger partial charge in [0.05, 0.1) is 6.61 Å². The van der Waals surface area contributed by atoms with Crippen LogP contribution >= 0.6 is 15.9 Å². The summed E-state index contributed by atoms with van der Waals surface area (Å²) in [6.45, 7) is 3.88. The molecule has 6 nitrogen and oxygen atoms in total. The fraction of sp³-hybridized carbons (Fsp3) is 0.176. The number of nitrogens with one attached hydrogen (secondary N) is 2. The van der Waals surface area contributed by atoms with Crippen LogP contribution in [-0.2, 0) is 4.74 Å². The molecule has 2 amide bonds. The van der Waals surface area contributed by atoms with E-state index >= 15 is 0 Å². The van der Waals surface area contributed by atoms with E-state index in [1.165, 1.54) is 0 Å². The maximum atomic E-state index is 12.0. The summed E-state index contributed by atoms with van der Waals surface area (Å²) < 4.78 is 10.6. The molecular formula is C17H17BrN2O4. The quantitative estimate of drug-likeness (QED) is 0.570. The molecule has 2 N–H and O–H groups in total. The third-order valence-electron chi connectivity index (χ3n) is 2.99. The molecule has 0 unspecified atom stereocenters. The highest BCUT2D eigenvalue weighted by atomic mass is 79.9. The topological polar surface area (TPSA) is 76.7 Å². The molecule has 0 heterocycles. The predicted molar refractivity (Wildman–Crippen MR) is 95.6 cm³/mol. The second-order valence-corrected chi connectivity index (χ2v) is 5.71. The van der Waals surface area contributed by atoms with Crippen molar-refractivity contribution in [3.05, 3.63) is 52.5 Å². The smallest absolute Gasteiger partial charge is 0.434 e.